The lowest BCUT2D eigenvalue weighted by Gasteiger charge is -2.08. The Hall–Kier alpha value is -3.87. The number of aryl methyl sites for hydroxylation is 1. The summed E-state index contributed by atoms with van der Waals surface area (Å²) in [6.07, 6.45) is 1.53. The van der Waals surface area contributed by atoms with Crippen LogP contribution in [-0.4, -0.2) is 23.5 Å². The Morgan fingerprint density at radius 2 is 1.36 bits per heavy atom. The van der Waals surface area contributed by atoms with Crippen LogP contribution < -0.4 is 20.9 Å². The minimum atomic E-state index is -0.395. The molecule has 7 heteroatoms. The summed E-state index contributed by atoms with van der Waals surface area (Å²) >= 11 is 0. The van der Waals surface area contributed by atoms with Crippen LogP contribution in [0.25, 0.3) is 0 Å². The number of aromatic nitrogens is 1. The Balaban J connectivity index is 1.65. The SMILES string of the molecule is COc1ccc(NC(=O)c2ccc(NC(=O)c3ccn(C)c(=O)c3)cc2)cc1. The highest BCUT2D eigenvalue weighted by atomic mass is 16.5. The molecule has 1 aromatic heterocycles. The first-order valence-electron chi connectivity index (χ1n) is 8.50. The van der Waals surface area contributed by atoms with E-state index in [1.807, 2.05) is 0 Å². The van der Waals surface area contributed by atoms with Crippen molar-refractivity contribution in [2.75, 3.05) is 17.7 Å². The van der Waals surface area contributed by atoms with Crippen molar-refractivity contribution in [3.05, 3.63) is 88.3 Å². The molecule has 7 nitrogen and oxygen atoms in total. The first-order valence-corrected chi connectivity index (χ1v) is 8.50. The van der Waals surface area contributed by atoms with Crippen molar-refractivity contribution in [3.63, 3.8) is 0 Å². The van der Waals surface area contributed by atoms with Gasteiger partial charge in [-0.25, -0.2) is 0 Å². The number of carbonyl (C=O) groups is 2. The average Bonchev–Trinajstić information content (AvgIpc) is 2.71. The number of amides is 2. The first-order chi connectivity index (χ1) is 13.5. The second-order valence-electron chi connectivity index (χ2n) is 6.08. The number of methoxy groups -OCH3 is 1. The van der Waals surface area contributed by atoms with Crippen molar-refractivity contribution in [1.82, 2.24) is 4.57 Å². The van der Waals surface area contributed by atoms with Gasteiger partial charge in [0.15, 0.2) is 0 Å². The average molecular weight is 377 g/mol. The Labute approximate surface area is 161 Å². The molecule has 0 atom stereocenters. The highest BCUT2D eigenvalue weighted by Crippen LogP contribution is 2.17. The molecule has 0 saturated heterocycles. The molecular weight excluding hydrogens is 358 g/mol. The van der Waals surface area contributed by atoms with Gasteiger partial charge in [0.2, 0.25) is 0 Å². The quantitative estimate of drug-likeness (QED) is 0.715. The molecule has 0 bridgehead atoms. The smallest absolute Gasteiger partial charge is 0.255 e. The minimum Gasteiger partial charge on any atom is -0.497 e. The monoisotopic (exact) mass is 377 g/mol. The lowest BCUT2D eigenvalue weighted by Crippen LogP contribution is -2.20. The van der Waals surface area contributed by atoms with Crippen LogP contribution >= 0.6 is 0 Å². The third kappa shape index (κ3) is 4.45. The van der Waals surface area contributed by atoms with Crippen LogP contribution in [0.5, 0.6) is 5.75 Å². The zero-order valence-electron chi connectivity index (χ0n) is 15.4. The summed E-state index contributed by atoms with van der Waals surface area (Å²) in [4.78, 5) is 36.2. The maximum Gasteiger partial charge on any atom is 0.255 e. The van der Waals surface area contributed by atoms with Gasteiger partial charge < -0.3 is 19.9 Å². The van der Waals surface area contributed by atoms with Gasteiger partial charge in [0.1, 0.15) is 5.75 Å². The van der Waals surface area contributed by atoms with E-state index in [4.69, 9.17) is 4.74 Å². The Morgan fingerprint density at radius 1 is 0.821 bits per heavy atom. The van der Waals surface area contributed by atoms with Gasteiger partial charge in [-0.05, 0) is 54.6 Å². The van der Waals surface area contributed by atoms with Gasteiger partial charge in [-0.1, -0.05) is 0 Å². The number of anilines is 2. The van der Waals surface area contributed by atoms with E-state index < -0.39 is 5.91 Å². The second-order valence-corrected chi connectivity index (χ2v) is 6.08. The molecule has 0 spiro atoms. The number of hydrogen-bond acceptors (Lipinski definition) is 4. The molecule has 3 aromatic rings. The highest BCUT2D eigenvalue weighted by Gasteiger charge is 2.09. The number of nitrogens with zero attached hydrogens (tertiary/aromatic N) is 1. The van der Waals surface area contributed by atoms with E-state index in [2.05, 4.69) is 10.6 Å². The van der Waals surface area contributed by atoms with Crippen LogP contribution in [0.15, 0.2) is 71.7 Å². The van der Waals surface area contributed by atoms with Gasteiger partial charge >= 0.3 is 0 Å². The summed E-state index contributed by atoms with van der Waals surface area (Å²) < 4.78 is 6.46. The van der Waals surface area contributed by atoms with E-state index in [-0.39, 0.29) is 17.0 Å². The zero-order valence-corrected chi connectivity index (χ0v) is 15.4. The molecule has 0 aliphatic heterocycles. The molecule has 0 fully saturated rings. The number of rotatable bonds is 5. The van der Waals surface area contributed by atoms with E-state index in [0.717, 1.165) is 0 Å². The van der Waals surface area contributed by atoms with Crippen LogP contribution in [0.1, 0.15) is 20.7 Å². The third-order valence-electron chi connectivity index (χ3n) is 4.12. The fourth-order valence-electron chi connectivity index (χ4n) is 2.48. The standard InChI is InChI=1S/C21H19N3O4/c1-24-12-11-15(13-19(24)25)21(27)23-16-5-3-14(4-6-16)20(26)22-17-7-9-18(28-2)10-8-17/h3-13H,1-2H3,(H,22,26)(H,23,27). The molecule has 2 N–H and O–H groups in total. The van der Waals surface area contributed by atoms with E-state index in [1.54, 1.807) is 68.8 Å². The zero-order chi connectivity index (χ0) is 20.1. The van der Waals surface area contributed by atoms with Crippen LogP contribution in [0, 0.1) is 0 Å². The van der Waals surface area contributed by atoms with Gasteiger partial charge in [0.05, 0.1) is 7.11 Å². The third-order valence-corrected chi connectivity index (χ3v) is 4.12. The number of nitrogens with one attached hydrogen (secondary N) is 2. The maximum absolute atomic E-state index is 12.3. The van der Waals surface area contributed by atoms with Crippen LogP contribution in [-0.2, 0) is 7.05 Å². The first kappa shape index (κ1) is 18.9. The lowest BCUT2D eigenvalue weighted by molar-refractivity contribution is 0.101. The number of benzene rings is 2. The molecule has 0 aliphatic rings. The Kier molecular flexibility index (Phi) is 5.55. The molecule has 0 aliphatic carbocycles. The van der Waals surface area contributed by atoms with E-state index in [0.29, 0.717) is 22.7 Å². The van der Waals surface area contributed by atoms with Crippen LogP contribution in [0.4, 0.5) is 11.4 Å². The largest absolute Gasteiger partial charge is 0.497 e. The molecule has 142 valence electrons. The number of pyridine rings is 1. The van der Waals surface area contributed by atoms with Gasteiger partial charge in [0, 0.05) is 41.8 Å². The van der Waals surface area contributed by atoms with Crippen molar-refractivity contribution in [2.24, 2.45) is 7.05 Å². The van der Waals surface area contributed by atoms with E-state index in [1.165, 1.54) is 16.8 Å². The summed E-state index contributed by atoms with van der Waals surface area (Å²) in [7, 11) is 3.19. The molecule has 0 unspecified atom stereocenters. The van der Waals surface area contributed by atoms with E-state index in [9.17, 15) is 14.4 Å². The van der Waals surface area contributed by atoms with Gasteiger partial charge in [-0.2, -0.15) is 0 Å². The molecule has 0 radical (unpaired) electrons. The Bertz CT molecular complexity index is 1050. The maximum atomic E-state index is 12.3. The predicted octanol–water partition coefficient (Wildman–Crippen LogP) is 2.90. The second kappa shape index (κ2) is 8.22. The number of hydrogen-bond donors (Lipinski definition) is 2. The summed E-state index contributed by atoms with van der Waals surface area (Å²) in [6, 6.07) is 16.3. The normalized spacial score (nSPS) is 10.2. The summed E-state index contributed by atoms with van der Waals surface area (Å²) in [6.45, 7) is 0. The van der Waals surface area contributed by atoms with Crippen molar-refractivity contribution in [1.29, 1.82) is 0 Å². The minimum absolute atomic E-state index is 0.266. The lowest BCUT2D eigenvalue weighted by atomic mass is 10.1. The van der Waals surface area contributed by atoms with Crippen molar-refractivity contribution >= 4 is 23.2 Å². The Morgan fingerprint density at radius 3 is 1.89 bits per heavy atom. The van der Waals surface area contributed by atoms with Gasteiger partial charge in [-0.15, -0.1) is 0 Å². The summed E-state index contributed by atoms with van der Waals surface area (Å²) in [5.41, 5.74) is 1.62. The van der Waals surface area contributed by atoms with Crippen LogP contribution in [0.3, 0.4) is 0 Å². The fourth-order valence-corrected chi connectivity index (χ4v) is 2.48. The number of ether oxygens (including phenoxy) is 1. The van der Waals surface area contributed by atoms with Crippen molar-refractivity contribution in [2.45, 2.75) is 0 Å². The van der Waals surface area contributed by atoms with Gasteiger partial charge in [-0.3, -0.25) is 14.4 Å². The van der Waals surface area contributed by atoms with Crippen molar-refractivity contribution < 1.29 is 14.3 Å². The van der Waals surface area contributed by atoms with Crippen LogP contribution in [0.2, 0.25) is 0 Å². The molecule has 1 heterocycles. The number of carbonyl (C=O) groups excluding carboxylic acids is 2. The molecule has 3 rings (SSSR count). The topological polar surface area (TPSA) is 89.4 Å². The molecule has 2 amide bonds. The molecule has 28 heavy (non-hydrogen) atoms. The fraction of sp³-hybridized carbons (Fsp3) is 0.0952. The summed E-state index contributed by atoms with van der Waals surface area (Å²) in [5, 5.41) is 5.49. The molecule has 2 aromatic carbocycles. The van der Waals surface area contributed by atoms with E-state index >= 15 is 0 Å². The predicted molar refractivity (Wildman–Crippen MR) is 107 cm³/mol. The highest BCUT2D eigenvalue weighted by molar-refractivity contribution is 6.06. The van der Waals surface area contributed by atoms with Gasteiger partial charge in [0.25, 0.3) is 17.4 Å². The molecular formula is C21H19N3O4. The molecule has 0 saturated carbocycles. The summed E-state index contributed by atoms with van der Waals surface area (Å²) in [5.74, 6) is 0.0390. The van der Waals surface area contributed by atoms with Crippen molar-refractivity contribution in [3.8, 4) is 5.75 Å².